The van der Waals surface area contributed by atoms with Crippen molar-refractivity contribution in [2.45, 2.75) is 31.6 Å². The zero-order valence-electron chi connectivity index (χ0n) is 19.1. The van der Waals surface area contributed by atoms with Crippen LogP contribution in [-0.4, -0.2) is 47.0 Å². The lowest BCUT2D eigenvalue weighted by molar-refractivity contribution is -0.0800. The van der Waals surface area contributed by atoms with Crippen LogP contribution in [0.2, 0.25) is 0 Å². The lowest BCUT2D eigenvalue weighted by Gasteiger charge is -2.39. The average Bonchev–Trinajstić information content (AvgIpc) is 3.24. The van der Waals surface area contributed by atoms with Crippen LogP contribution < -0.4 is 0 Å². The van der Waals surface area contributed by atoms with Gasteiger partial charge in [0.15, 0.2) is 11.6 Å². The lowest BCUT2D eigenvalue weighted by Crippen LogP contribution is -2.42. The van der Waals surface area contributed by atoms with Gasteiger partial charge in [0, 0.05) is 49.4 Å². The Morgan fingerprint density at radius 1 is 1.09 bits per heavy atom. The maximum absolute atomic E-state index is 13.8. The van der Waals surface area contributed by atoms with Gasteiger partial charge in [-0.3, -0.25) is 14.9 Å². The minimum absolute atomic E-state index is 0.203. The topological polar surface area (TPSA) is 59.8 Å². The molecule has 0 aliphatic carbocycles. The molecule has 0 unspecified atom stereocenters. The molecule has 4 heterocycles. The van der Waals surface area contributed by atoms with E-state index in [0.717, 1.165) is 50.2 Å². The Labute approximate surface area is 201 Å². The number of hydrogen-bond donors (Lipinski definition) is 0. The highest BCUT2D eigenvalue weighted by atomic mass is 19.2. The van der Waals surface area contributed by atoms with E-state index in [1.807, 2.05) is 24.5 Å². The molecular weight excluding hydrogens is 457 g/mol. The standard InChI is InChI=1S/C26H25F3N4O2/c27-8-12-35-32-25(19-2-3-22(28)23(29)13-19)24-4-1-18(14-31-24)16-33-10-6-26(7-11-33)21-15-30-9-5-20(21)17-34-26/h1-5,9,13-15H,6-8,10-12,16-17H2/b32-25-. The summed E-state index contributed by atoms with van der Waals surface area (Å²) in [6.07, 6.45) is 7.27. The van der Waals surface area contributed by atoms with E-state index in [1.54, 1.807) is 12.3 Å². The van der Waals surface area contributed by atoms with Gasteiger partial charge < -0.3 is 9.57 Å². The number of fused-ring (bicyclic) bond motifs is 2. The monoisotopic (exact) mass is 482 g/mol. The second-order valence-electron chi connectivity index (χ2n) is 8.73. The number of nitrogens with zero attached hydrogens (tertiary/aromatic N) is 4. The minimum Gasteiger partial charge on any atom is -0.392 e. The number of aromatic nitrogens is 2. The smallest absolute Gasteiger partial charge is 0.159 e. The second kappa shape index (κ2) is 10.1. The molecule has 1 aromatic carbocycles. The first-order valence-corrected chi connectivity index (χ1v) is 11.5. The summed E-state index contributed by atoms with van der Waals surface area (Å²) in [4.78, 5) is 16.1. The molecule has 35 heavy (non-hydrogen) atoms. The minimum atomic E-state index is -1.01. The van der Waals surface area contributed by atoms with Crippen molar-refractivity contribution >= 4 is 5.71 Å². The molecule has 0 saturated carbocycles. The van der Waals surface area contributed by atoms with Crippen LogP contribution in [0.5, 0.6) is 0 Å². The summed E-state index contributed by atoms with van der Waals surface area (Å²) in [6, 6.07) is 9.11. The highest BCUT2D eigenvalue weighted by molar-refractivity contribution is 6.11. The van der Waals surface area contributed by atoms with E-state index in [9.17, 15) is 13.2 Å². The number of pyridine rings is 2. The fourth-order valence-electron chi connectivity index (χ4n) is 4.69. The molecule has 2 aliphatic heterocycles. The highest BCUT2D eigenvalue weighted by Gasteiger charge is 2.42. The number of ether oxygens (including phenoxy) is 1. The summed E-state index contributed by atoms with van der Waals surface area (Å²) in [7, 11) is 0. The van der Waals surface area contributed by atoms with Crippen LogP contribution in [0.4, 0.5) is 13.2 Å². The molecule has 5 rings (SSSR count). The number of halogens is 3. The number of rotatable bonds is 7. The van der Waals surface area contributed by atoms with E-state index in [1.165, 1.54) is 17.2 Å². The molecule has 182 valence electrons. The average molecular weight is 483 g/mol. The maximum atomic E-state index is 13.8. The van der Waals surface area contributed by atoms with Gasteiger partial charge in [0.2, 0.25) is 0 Å². The Kier molecular flexibility index (Phi) is 6.79. The highest BCUT2D eigenvalue weighted by Crippen LogP contribution is 2.43. The van der Waals surface area contributed by atoms with Crippen LogP contribution in [0.1, 0.15) is 40.8 Å². The van der Waals surface area contributed by atoms with Crippen molar-refractivity contribution in [1.82, 2.24) is 14.9 Å². The van der Waals surface area contributed by atoms with E-state index in [2.05, 4.69) is 20.0 Å². The summed E-state index contributed by atoms with van der Waals surface area (Å²) in [5.41, 5.74) is 4.11. The van der Waals surface area contributed by atoms with Gasteiger partial charge >= 0.3 is 0 Å². The Morgan fingerprint density at radius 3 is 2.69 bits per heavy atom. The fourth-order valence-corrected chi connectivity index (χ4v) is 4.69. The van der Waals surface area contributed by atoms with Gasteiger partial charge in [-0.15, -0.1) is 0 Å². The molecule has 0 bridgehead atoms. The molecule has 0 N–H and O–H groups in total. The van der Waals surface area contributed by atoms with Crippen molar-refractivity contribution in [2.75, 3.05) is 26.4 Å². The van der Waals surface area contributed by atoms with Gasteiger partial charge in [0.25, 0.3) is 0 Å². The molecule has 0 radical (unpaired) electrons. The molecule has 0 atom stereocenters. The SMILES string of the molecule is FCCO/N=C(/c1ccc(F)c(F)c1)c1ccc(CN2CCC3(CC2)OCc2ccncc23)cn1. The maximum Gasteiger partial charge on any atom is 0.159 e. The van der Waals surface area contributed by atoms with E-state index in [-0.39, 0.29) is 23.5 Å². The largest absolute Gasteiger partial charge is 0.392 e. The predicted octanol–water partition coefficient (Wildman–Crippen LogP) is 4.51. The number of alkyl halides is 1. The van der Waals surface area contributed by atoms with E-state index >= 15 is 0 Å². The number of piperidine rings is 1. The molecule has 9 heteroatoms. The van der Waals surface area contributed by atoms with Gasteiger partial charge in [-0.1, -0.05) is 11.2 Å². The van der Waals surface area contributed by atoms with Crippen LogP contribution in [-0.2, 0) is 28.3 Å². The third-order valence-corrected chi connectivity index (χ3v) is 6.56. The molecule has 1 fully saturated rings. The molecular formula is C26H25F3N4O2. The molecule has 0 amide bonds. The zero-order valence-corrected chi connectivity index (χ0v) is 19.1. The second-order valence-corrected chi connectivity index (χ2v) is 8.73. The number of hydrogen-bond acceptors (Lipinski definition) is 6. The van der Waals surface area contributed by atoms with Crippen LogP contribution in [0.3, 0.4) is 0 Å². The van der Waals surface area contributed by atoms with Gasteiger partial charge in [-0.25, -0.2) is 13.2 Å². The van der Waals surface area contributed by atoms with Gasteiger partial charge in [0.05, 0.1) is 17.9 Å². The number of likely N-dealkylation sites (tertiary alicyclic amines) is 1. The van der Waals surface area contributed by atoms with Crippen LogP contribution in [0.25, 0.3) is 0 Å². The van der Waals surface area contributed by atoms with Gasteiger partial charge in [0.1, 0.15) is 19.0 Å². The normalized spacial score (nSPS) is 17.5. The summed E-state index contributed by atoms with van der Waals surface area (Å²) >= 11 is 0. The van der Waals surface area contributed by atoms with E-state index in [0.29, 0.717) is 12.3 Å². The third kappa shape index (κ3) is 4.92. The van der Waals surface area contributed by atoms with E-state index < -0.39 is 18.3 Å². The van der Waals surface area contributed by atoms with Crippen molar-refractivity contribution in [3.63, 3.8) is 0 Å². The molecule has 6 nitrogen and oxygen atoms in total. The van der Waals surface area contributed by atoms with E-state index in [4.69, 9.17) is 9.57 Å². The summed E-state index contributed by atoms with van der Waals surface area (Å²) in [5, 5.41) is 3.92. The lowest BCUT2D eigenvalue weighted by atomic mass is 9.84. The molecule has 1 spiro atoms. The van der Waals surface area contributed by atoms with Gasteiger partial charge in [-0.05, 0) is 54.3 Å². The summed E-state index contributed by atoms with van der Waals surface area (Å²) in [5.74, 6) is -1.98. The third-order valence-electron chi connectivity index (χ3n) is 6.56. The van der Waals surface area contributed by atoms with Crippen LogP contribution in [0, 0.1) is 11.6 Å². The summed E-state index contributed by atoms with van der Waals surface area (Å²) < 4.78 is 45.9. The number of benzene rings is 1. The predicted molar refractivity (Wildman–Crippen MR) is 123 cm³/mol. The Morgan fingerprint density at radius 2 is 1.94 bits per heavy atom. The Balaban J connectivity index is 1.27. The molecule has 2 aromatic heterocycles. The molecule has 3 aromatic rings. The van der Waals surface area contributed by atoms with Crippen molar-refractivity contribution < 1.29 is 22.7 Å². The van der Waals surface area contributed by atoms with Crippen molar-refractivity contribution in [1.29, 1.82) is 0 Å². The zero-order chi connectivity index (χ0) is 24.3. The van der Waals surface area contributed by atoms with Crippen molar-refractivity contribution in [3.8, 4) is 0 Å². The fraction of sp³-hybridized carbons (Fsp3) is 0.346. The molecule has 1 saturated heterocycles. The van der Waals surface area contributed by atoms with Crippen molar-refractivity contribution in [2.24, 2.45) is 5.16 Å². The van der Waals surface area contributed by atoms with Gasteiger partial charge in [-0.2, -0.15) is 0 Å². The summed E-state index contributed by atoms with van der Waals surface area (Å²) in [6.45, 7) is 2.17. The van der Waals surface area contributed by atoms with Crippen LogP contribution in [0.15, 0.2) is 60.1 Å². The Bertz CT molecular complexity index is 1210. The van der Waals surface area contributed by atoms with Crippen molar-refractivity contribution in [3.05, 3.63) is 94.6 Å². The number of oxime groups is 1. The first kappa shape index (κ1) is 23.4. The van der Waals surface area contributed by atoms with Crippen LogP contribution >= 0.6 is 0 Å². The quantitative estimate of drug-likeness (QED) is 0.282. The first-order valence-electron chi connectivity index (χ1n) is 11.5. The first-order chi connectivity index (χ1) is 17.1. The molecule has 2 aliphatic rings. The Hall–Kier alpha value is -3.30.